The lowest BCUT2D eigenvalue weighted by Crippen LogP contribution is -2.53. The van der Waals surface area contributed by atoms with Crippen molar-refractivity contribution in [1.29, 1.82) is 0 Å². The fourth-order valence-electron chi connectivity index (χ4n) is 2.82. The van der Waals surface area contributed by atoms with Gasteiger partial charge in [-0.1, -0.05) is 6.42 Å². The summed E-state index contributed by atoms with van der Waals surface area (Å²) in [5.74, 6) is 0. The van der Waals surface area contributed by atoms with Gasteiger partial charge in [-0.05, 0) is 46.7 Å². The van der Waals surface area contributed by atoms with Gasteiger partial charge < -0.3 is 15.0 Å². The minimum absolute atomic E-state index is 0.193. The molecule has 0 aromatic rings. The molecule has 2 heterocycles. The first-order chi connectivity index (χ1) is 7.62. The largest absolute Gasteiger partial charge is 0.377 e. The standard InChI is InChI=1S/C13H26N2O/c1-11-13(2,7-9-16-11)14-10-12-6-4-5-8-15(12)3/h11-12,14H,4-10H2,1-3H3. The van der Waals surface area contributed by atoms with Gasteiger partial charge in [0.15, 0.2) is 0 Å². The third kappa shape index (κ3) is 2.58. The first-order valence-electron chi connectivity index (χ1n) is 6.69. The smallest absolute Gasteiger partial charge is 0.0726 e. The van der Waals surface area contributed by atoms with Crippen molar-refractivity contribution in [2.75, 3.05) is 26.7 Å². The maximum atomic E-state index is 5.66. The summed E-state index contributed by atoms with van der Waals surface area (Å²) < 4.78 is 5.66. The first kappa shape index (κ1) is 12.3. The van der Waals surface area contributed by atoms with Gasteiger partial charge in [-0.25, -0.2) is 0 Å². The van der Waals surface area contributed by atoms with Crippen LogP contribution in [0.4, 0.5) is 0 Å². The second-order valence-electron chi connectivity index (χ2n) is 5.69. The van der Waals surface area contributed by atoms with Gasteiger partial charge in [-0.2, -0.15) is 0 Å². The Morgan fingerprint density at radius 1 is 1.44 bits per heavy atom. The lowest BCUT2D eigenvalue weighted by Gasteiger charge is -2.36. The van der Waals surface area contributed by atoms with Crippen LogP contribution in [0.1, 0.15) is 39.5 Å². The van der Waals surface area contributed by atoms with Crippen molar-refractivity contribution >= 4 is 0 Å². The van der Waals surface area contributed by atoms with Crippen LogP contribution in [0.25, 0.3) is 0 Å². The van der Waals surface area contributed by atoms with E-state index < -0.39 is 0 Å². The fourth-order valence-corrected chi connectivity index (χ4v) is 2.82. The summed E-state index contributed by atoms with van der Waals surface area (Å²) in [5.41, 5.74) is 0.193. The van der Waals surface area contributed by atoms with Gasteiger partial charge in [0.05, 0.1) is 6.10 Å². The molecule has 0 amide bonds. The van der Waals surface area contributed by atoms with Crippen molar-refractivity contribution in [3.63, 3.8) is 0 Å². The zero-order valence-corrected chi connectivity index (χ0v) is 11.0. The molecule has 0 bridgehead atoms. The molecule has 2 saturated heterocycles. The van der Waals surface area contributed by atoms with Crippen molar-refractivity contribution < 1.29 is 4.74 Å². The fraction of sp³-hybridized carbons (Fsp3) is 1.00. The number of piperidine rings is 1. The van der Waals surface area contributed by atoms with Crippen molar-refractivity contribution in [1.82, 2.24) is 10.2 Å². The van der Waals surface area contributed by atoms with Crippen molar-refractivity contribution in [3.05, 3.63) is 0 Å². The predicted molar refractivity (Wildman–Crippen MR) is 66.7 cm³/mol. The van der Waals surface area contributed by atoms with Crippen LogP contribution in [0.3, 0.4) is 0 Å². The highest BCUT2D eigenvalue weighted by molar-refractivity contribution is 4.94. The SMILES string of the molecule is CC1OCCC1(C)NCC1CCCCN1C. The molecule has 16 heavy (non-hydrogen) atoms. The van der Waals surface area contributed by atoms with Crippen LogP contribution < -0.4 is 5.32 Å². The summed E-state index contributed by atoms with van der Waals surface area (Å²) in [6.07, 6.45) is 5.59. The van der Waals surface area contributed by atoms with E-state index in [0.29, 0.717) is 6.10 Å². The van der Waals surface area contributed by atoms with E-state index >= 15 is 0 Å². The molecule has 3 atom stereocenters. The molecule has 0 radical (unpaired) electrons. The monoisotopic (exact) mass is 226 g/mol. The van der Waals surface area contributed by atoms with Gasteiger partial charge in [0.25, 0.3) is 0 Å². The molecule has 0 aliphatic carbocycles. The van der Waals surface area contributed by atoms with Gasteiger partial charge in [-0.15, -0.1) is 0 Å². The van der Waals surface area contributed by atoms with Gasteiger partial charge in [0.2, 0.25) is 0 Å². The molecule has 2 aliphatic heterocycles. The molecule has 1 N–H and O–H groups in total. The average Bonchev–Trinajstić information content (AvgIpc) is 2.59. The summed E-state index contributed by atoms with van der Waals surface area (Å²) in [7, 11) is 2.25. The molecule has 0 aromatic carbocycles. The minimum Gasteiger partial charge on any atom is -0.377 e. The summed E-state index contributed by atoms with van der Waals surface area (Å²) in [5, 5.41) is 3.74. The second-order valence-corrected chi connectivity index (χ2v) is 5.69. The van der Waals surface area contributed by atoms with Crippen LogP contribution in [0.2, 0.25) is 0 Å². The molecule has 0 saturated carbocycles. The van der Waals surface area contributed by atoms with E-state index in [1.54, 1.807) is 0 Å². The maximum absolute atomic E-state index is 5.66. The van der Waals surface area contributed by atoms with Gasteiger partial charge in [-0.3, -0.25) is 0 Å². The molecule has 0 spiro atoms. The van der Waals surface area contributed by atoms with Crippen LogP contribution in [0.15, 0.2) is 0 Å². The Kier molecular flexibility index (Phi) is 3.88. The number of ether oxygens (including phenoxy) is 1. The summed E-state index contributed by atoms with van der Waals surface area (Å²) >= 11 is 0. The zero-order valence-electron chi connectivity index (χ0n) is 11.0. The lowest BCUT2D eigenvalue weighted by atomic mass is 9.93. The average molecular weight is 226 g/mol. The number of nitrogens with one attached hydrogen (secondary N) is 1. The highest BCUT2D eigenvalue weighted by Crippen LogP contribution is 2.25. The number of hydrogen-bond donors (Lipinski definition) is 1. The Morgan fingerprint density at radius 3 is 2.88 bits per heavy atom. The van der Waals surface area contributed by atoms with Crippen LogP contribution in [-0.2, 0) is 4.74 Å². The number of rotatable bonds is 3. The Labute approximate surface area is 99.5 Å². The summed E-state index contributed by atoms with van der Waals surface area (Å²) in [4.78, 5) is 2.50. The second kappa shape index (κ2) is 5.03. The Balaban J connectivity index is 1.81. The third-order valence-corrected chi connectivity index (χ3v) is 4.55. The van der Waals surface area contributed by atoms with E-state index in [9.17, 15) is 0 Å². The molecule has 2 rings (SSSR count). The Hall–Kier alpha value is -0.120. The highest BCUT2D eigenvalue weighted by Gasteiger charge is 2.37. The number of nitrogens with zero attached hydrogens (tertiary/aromatic N) is 1. The molecule has 0 aromatic heterocycles. The topological polar surface area (TPSA) is 24.5 Å². The van der Waals surface area contributed by atoms with E-state index in [4.69, 9.17) is 4.74 Å². The molecule has 3 unspecified atom stereocenters. The van der Waals surface area contributed by atoms with Gasteiger partial charge >= 0.3 is 0 Å². The van der Waals surface area contributed by atoms with Crippen molar-refractivity contribution in [2.45, 2.75) is 57.2 Å². The normalized spacial score (nSPS) is 41.4. The van der Waals surface area contributed by atoms with E-state index in [2.05, 4.69) is 31.1 Å². The van der Waals surface area contributed by atoms with Crippen LogP contribution in [0, 0.1) is 0 Å². The first-order valence-corrected chi connectivity index (χ1v) is 6.69. The number of hydrogen-bond acceptors (Lipinski definition) is 3. The van der Waals surface area contributed by atoms with E-state index in [1.165, 1.54) is 25.8 Å². The van der Waals surface area contributed by atoms with E-state index in [-0.39, 0.29) is 5.54 Å². The predicted octanol–water partition coefficient (Wildman–Crippen LogP) is 1.63. The summed E-state index contributed by atoms with van der Waals surface area (Å²) in [6, 6.07) is 0.721. The molecule has 2 fully saturated rings. The zero-order chi connectivity index (χ0) is 11.6. The Morgan fingerprint density at radius 2 is 2.25 bits per heavy atom. The minimum atomic E-state index is 0.193. The van der Waals surface area contributed by atoms with Crippen molar-refractivity contribution in [2.24, 2.45) is 0 Å². The third-order valence-electron chi connectivity index (χ3n) is 4.55. The quantitative estimate of drug-likeness (QED) is 0.791. The highest BCUT2D eigenvalue weighted by atomic mass is 16.5. The number of likely N-dealkylation sites (tertiary alicyclic amines) is 1. The number of likely N-dealkylation sites (N-methyl/N-ethyl adjacent to an activating group) is 1. The molecular formula is C13H26N2O. The molecule has 2 aliphatic rings. The van der Waals surface area contributed by atoms with Crippen LogP contribution >= 0.6 is 0 Å². The lowest BCUT2D eigenvalue weighted by molar-refractivity contribution is 0.0826. The van der Waals surface area contributed by atoms with Crippen LogP contribution in [0.5, 0.6) is 0 Å². The van der Waals surface area contributed by atoms with Crippen molar-refractivity contribution in [3.8, 4) is 0 Å². The van der Waals surface area contributed by atoms with Crippen LogP contribution in [-0.4, -0.2) is 49.3 Å². The summed E-state index contributed by atoms with van der Waals surface area (Å²) in [6.45, 7) is 7.76. The maximum Gasteiger partial charge on any atom is 0.0726 e. The van der Waals surface area contributed by atoms with Gasteiger partial charge in [0.1, 0.15) is 0 Å². The molecular weight excluding hydrogens is 200 g/mol. The van der Waals surface area contributed by atoms with E-state index in [0.717, 1.165) is 25.6 Å². The van der Waals surface area contributed by atoms with E-state index in [1.807, 2.05) is 0 Å². The molecule has 3 nitrogen and oxygen atoms in total. The Bertz CT molecular complexity index is 234. The van der Waals surface area contributed by atoms with Gasteiger partial charge in [0, 0.05) is 24.7 Å². The molecule has 94 valence electrons. The molecule has 3 heteroatoms.